The Labute approximate surface area is 389 Å². The summed E-state index contributed by atoms with van der Waals surface area (Å²) in [7, 11) is 1.36. The highest BCUT2D eigenvalue weighted by atomic mass is 35.5. The van der Waals surface area contributed by atoms with Crippen LogP contribution in [-0.2, 0) is 38.0 Å². The van der Waals surface area contributed by atoms with E-state index in [1.807, 2.05) is 20.8 Å². The SMILES string of the molecule is C=C1CCC(OC2CC(O)(C(C)NC(=O)c3[nH]c(C)c(Cl)c3Cl)C(O)C(C)O2)C2C(C)CC(C)C(/C(O)=C3/N=C(C4OC(C)C(OC(N)=O)C(OC(C)=O)C4OC)OC(C(C)C)C3O)C12. The first-order valence-electron chi connectivity index (χ1n) is 22.3. The van der Waals surface area contributed by atoms with E-state index in [0.717, 1.165) is 5.57 Å². The zero-order valence-corrected chi connectivity index (χ0v) is 40.1. The molecule has 4 heterocycles. The van der Waals surface area contributed by atoms with Crippen LogP contribution in [0.1, 0.15) is 97.3 Å². The Bertz CT molecular complexity index is 2030. The second-order valence-corrected chi connectivity index (χ2v) is 19.7. The lowest BCUT2D eigenvalue weighted by atomic mass is 9.55. The number of methoxy groups -OCH3 is 1. The zero-order valence-electron chi connectivity index (χ0n) is 38.6. The van der Waals surface area contributed by atoms with Gasteiger partial charge in [-0.2, -0.15) is 0 Å². The highest BCUT2D eigenvalue weighted by molar-refractivity contribution is 6.44. The van der Waals surface area contributed by atoms with E-state index in [-0.39, 0.29) is 69.1 Å². The number of hydrogen-bond acceptors (Lipinski definition) is 15. The van der Waals surface area contributed by atoms with Gasteiger partial charge in [0, 0.05) is 32.1 Å². The minimum absolute atomic E-state index is 0.0193. The lowest BCUT2D eigenvalue weighted by molar-refractivity contribution is -0.300. The highest BCUT2D eigenvalue weighted by Gasteiger charge is 2.56. The van der Waals surface area contributed by atoms with E-state index in [1.54, 1.807) is 27.7 Å². The summed E-state index contributed by atoms with van der Waals surface area (Å²) in [6.07, 6.45) is -11.1. The van der Waals surface area contributed by atoms with Crippen molar-refractivity contribution in [2.24, 2.45) is 46.2 Å². The lowest BCUT2D eigenvalue weighted by Crippen LogP contribution is -2.66. The maximum atomic E-state index is 13.3. The molecular formula is C45H66Cl2N4O14. The molecule has 2 saturated heterocycles. The number of aliphatic imine (C=N–C) groups is 1. The molecule has 6 rings (SSSR count). The number of halogens is 2. The normalized spacial score (nSPS) is 39.9. The molecular weight excluding hydrogens is 891 g/mol. The summed E-state index contributed by atoms with van der Waals surface area (Å²) in [6, 6.07) is -0.993. The summed E-state index contributed by atoms with van der Waals surface area (Å²) >= 11 is 12.5. The van der Waals surface area contributed by atoms with Crippen molar-refractivity contribution in [2.75, 3.05) is 7.11 Å². The van der Waals surface area contributed by atoms with Crippen molar-refractivity contribution in [3.63, 3.8) is 0 Å². The molecule has 0 spiro atoms. The van der Waals surface area contributed by atoms with Crippen LogP contribution in [0.2, 0.25) is 10.0 Å². The maximum Gasteiger partial charge on any atom is 0.405 e. The smallest absolute Gasteiger partial charge is 0.405 e. The third-order valence-corrected chi connectivity index (χ3v) is 15.1. The number of rotatable bonds is 11. The fourth-order valence-electron chi connectivity index (χ4n) is 10.9. The van der Waals surface area contributed by atoms with E-state index in [9.17, 15) is 34.8 Å². The summed E-state index contributed by atoms with van der Waals surface area (Å²) in [6.45, 7) is 20.0. The van der Waals surface area contributed by atoms with Crippen LogP contribution < -0.4 is 11.1 Å². The van der Waals surface area contributed by atoms with Gasteiger partial charge in [-0.05, 0) is 76.5 Å². The minimum Gasteiger partial charge on any atom is -0.510 e. The molecule has 18 unspecified atom stereocenters. The lowest BCUT2D eigenvalue weighted by Gasteiger charge is -2.53. The molecule has 1 aromatic rings. The van der Waals surface area contributed by atoms with E-state index in [0.29, 0.717) is 25.0 Å². The molecule has 2 amide bonds. The number of nitrogens with one attached hydrogen (secondary N) is 2. The first kappa shape index (κ1) is 50.9. The molecule has 20 heteroatoms. The molecule has 18 atom stereocenters. The standard InChI is InChI=1S/C45H66Cl2N4O14/c1-16(2)36-35(54)33(51-43(64-36)40-38(59-11)39(62-24(10)52)37(21(7)61-40)65-44(48)57)34(53)29-19(5)14-18(4)27-25(13-12-17(3)28(27)29)63-26-15-45(58,41(55)22(8)60-26)23(9)50-42(56)32-31(47)30(46)20(6)49-32/h16,18-19,21-23,25-29,35-41,49,53-55,58H,3,12-15H2,1-2,4-11H3,(H2,48,57)(H,50,56)/b34-33-. The quantitative estimate of drug-likeness (QED) is 0.0874. The van der Waals surface area contributed by atoms with Crippen LogP contribution in [0.5, 0.6) is 0 Å². The second kappa shape index (κ2) is 20.0. The summed E-state index contributed by atoms with van der Waals surface area (Å²) < 4.78 is 42.4. The fourth-order valence-corrected chi connectivity index (χ4v) is 11.3. The summed E-state index contributed by atoms with van der Waals surface area (Å²) in [5, 5.41) is 51.0. The molecule has 364 valence electrons. The average Bonchev–Trinajstić information content (AvgIpc) is 3.48. The second-order valence-electron chi connectivity index (χ2n) is 19.0. The Balaban J connectivity index is 1.31. The predicted molar refractivity (Wildman–Crippen MR) is 237 cm³/mol. The van der Waals surface area contributed by atoms with Crippen molar-refractivity contribution in [3.8, 4) is 0 Å². The van der Waals surface area contributed by atoms with E-state index in [4.69, 9.17) is 67.1 Å². The fraction of sp³-hybridized carbons (Fsp3) is 0.733. The third kappa shape index (κ3) is 9.93. The Hall–Kier alpha value is -3.46. The molecule has 65 heavy (non-hydrogen) atoms. The number of aromatic amines is 1. The Morgan fingerprint density at radius 3 is 2.28 bits per heavy atom. The van der Waals surface area contributed by atoms with Gasteiger partial charge in [0.1, 0.15) is 47.2 Å². The van der Waals surface area contributed by atoms with Gasteiger partial charge in [-0.15, -0.1) is 0 Å². The van der Waals surface area contributed by atoms with Gasteiger partial charge in [-0.1, -0.05) is 63.0 Å². The number of allylic oxidation sites excluding steroid dienone is 2. The number of nitrogens with zero attached hydrogens (tertiary/aromatic N) is 1. The number of carbonyl (C=O) groups is 3. The molecule has 3 aliphatic heterocycles. The Morgan fingerprint density at radius 1 is 1.02 bits per heavy atom. The van der Waals surface area contributed by atoms with Crippen molar-refractivity contribution in [1.82, 2.24) is 10.3 Å². The van der Waals surface area contributed by atoms with Crippen molar-refractivity contribution < 1.29 is 68.0 Å². The number of aliphatic hydroxyl groups excluding tert-OH is 3. The monoisotopic (exact) mass is 956 g/mol. The van der Waals surface area contributed by atoms with E-state index in [1.165, 1.54) is 14.0 Å². The van der Waals surface area contributed by atoms with E-state index in [2.05, 4.69) is 23.8 Å². The van der Waals surface area contributed by atoms with Gasteiger partial charge >= 0.3 is 12.1 Å². The average molecular weight is 958 g/mol. The number of ether oxygens (including phenoxy) is 7. The number of hydrogen-bond donors (Lipinski definition) is 7. The topological polar surface area (TPSA) is 263 Å². The minimum atomic E-state index is -1.89. The summed E-state index contributed by atoms with van der Waals surface area (Å²) in [4.78, 5) is 45.2. The molecule has 0 radical (unpaired) electrons. The van der Waals surface area contributed by atoms with Gasteiger partial charge in [-0.3, -0.25) is 9.59 Å². The highest BCUT2D eigenvalue weighted by Crippen LogP contribution is 2.55. The van der Waals surface area contributed by atoms with Crippen LogP contribution in [0, 0.1) is 42.4 Å². The molecule has 18 nitrogen and oxygen atoms in total. The number of carbonyl (C=O) groups excluding carboxylic acids is 3. The van der Waals surface area contributed by atoms with Gasteiger partial charge in [0.25, 0.3) is 5.91 Å². The van der Waals surface area contributed by atoms with Crippen LogP contribution in [-0.4, -0.2) is 135 Å². The molecule has 0 bridgehead atoms. The number of esters is 1. The molecule has 1 aromatic heterocycles. The van der Waals surface area contributed by atoms with Gasteiger partial charge in [0.2, 0.25) is 5.90 Å². The summed E-state index contributed by atoms with van der Waals surface area (Å²) in [5.41, 5.74) is 4.88. The largest absolute Gasteiger partial charge is 0.510 e. The molecule has 2 saturated carbocycles. The van der Waals surface area contributed by atoms with Crippen LogP contribution >= 0.6 is 23.2 Å². The van der Waals surface area contributed by atoms with Gasteiger partial charge in [0.05, 0.1) is 34.4 Å². The number of amides is 2. The number of nitrogens with two attached hydrogens (primary N) is 1. The Morgan fingerprint density at radius 2 is 1.69 bits per heavy atom. The zero-order chi connectivity index (χ0) is 48.1. The molecule has 5 aliphatic rings. The third-order valence-electron chi connectivity index (χ3n) is 14.1. The molecule has 0 aromatic carbocycles. The van der Waals surface area contributed by atoms with Crippen LogP contribution in [0.4, 0.5) is 4.79 Å². The van der Waals surface area contributed by atoms with Crippen LogP contribution in [0.25, 0.3) is 0 Å². The number of aromatic nitrogens is 1. The number of H-pyrrole nitrogens is 1. The van der Waals surface area contributed by atoms with E-state index >= 15 is 0 Å². The number of primary amides is 1. The number of fused-ring (bicyclic) bond motifs is 1. The van der Waals surface area contributed by atoms with Crippen molar-refractivity contribution >= 4 is 47.1 Å². The number of aliphatic hydroxyl groups is 4. The summed E-state index contributed by atoms with van der Waals surface area (Å²) in [5.74, 6) is -2.99. The van der Waals surface area contributed by atoms with Crippen molar-refractivity contribution in [2.45, 2.75) is 167 Å². The molecule has 2 aliphatic carbocycles. The van der Waals surface area contributed by atoms with Crippen molar-refractivity contribution in [1.29, 1.82) is 0 Å². The number of aryl methyl sites for hydroxylation is 1. The molecule has 8 N–H and O–H groups in total. The maximum absolute atomic E-state index is 13.3. The first-order valence-corrected chi connectivity index (χ1v) is 23.1. The van der Waals surface area contributed by atoms with Crippen LogP contribution in [0.3, 0.4) is 0 Å². The van der Waals surface area contributed by atoms with E-state index < -0.39 is 103 Å². The Kier molecular flexibility index (Phi) is 15.7. The predicted octanol–water partition coefficient (Wildman–Crippen LogP) is 5.02. The van der Waals surface area contributed by atoms with Crippen molar-refractivity contribution in [3.05, 3.63) is 45.0 Å². The first-order chi connectivity index (χ1) is 30.4. The van der Waals surface area contributed by atoms with Gasteiger partial charge in [0.15, 0.2) is 24.6 Å². The van der Waals surface area contributed by atoms with Gasteiger partial charge < -0.3 is 69.6 Å². The van der Waals surface area contributed by atoms with Crippen LogP contribution in [0.15, 0.2) is 28.6 Å². The van der Waals surface area contributed by atoms with Gasteiger partial charge in [-0.25, -0.2) is 9.79 Å². The molecule has 4 fully saturated rings.